The Balaban J connectivity index is 1.45. The lowest BCUT2D eigenvalue weighted by Gasteiger charge is -2.33. The topological polar surface area (TPSA) is 88.7 Å². The molecule has 4 unspecified atom stereocenters. The van der Waals surface area contributed by atoms with Crippen molar-refractivity contribution in [2.24, 2.45) is 5.92 Å². The first kappa shape index (κ1) is 12.3. The van der Waals surface area contributed by atoms with Gasteiger partial charge in [-0.05, 0) is 25.8 Å². The minimum atomic E-state index is -0.788. The standard InChI is InChI=1S/C13H17N3O4/c17-13(18)9-4-8(9)12-14-11(15-20-12)10-5-16-3-1-2-7(16)6-19-10/h7-10H,1-6H2,(H,17,18). The monoisotopic (exact) mass is 279 g/mol. The second kappa shape index (κ2) is 4.53. The average Bonchev–Trinajstić information content (AvgIpc) is 2.89. The van der Waals surface area contributed by atoms with Crippen LogP contribution < -0.4 is 0 Å². The van der Waals surface area contributed by atoms with Crippen molar-refractivity contribution in [2.45, 2.75) is 37.3 Å². The summed E-state index contributed by atoms with van der Waals surface area (Å²) < 4.78 is 11.0. The molecule has 7 heteroatoms. The van der Waals surface area contributed by atoms with Crippen LogP contribution in [0.1, 0.15) is 43.0 Å². The number of carboxylic acids is 1. The molecule has 2 saturated heterocycles. The fourth-order valence-electron chi connectivity index (χ4n) is 3.24. The molecule has 7 nitrogen and oxygen atoms in total. The molecule has 0 aromatic carbocycles. The molecule has 0 bridgehead atoms. The van der Waals surface area contributed by atoms with E-state index in [-0.39, 0.29) is 17.9 Å². The molecule has 1 aliphatic carbocycles. The summed E-state index contributed by atoms with van der Waals surface area (Å²) in [4.78, 5) is 17.6. The molecule has 1 aromatic rings. The van der Waals surface area contributed by atoms with Crippen molar-refractivity contribution < 1.29 is 19.2 Å². The Kier molecular flexibility index (Phi) is 2.78. The number of aromatic nitrogens is 2. The fraction of sp³-hybridized carbons (Fsp3) is 0.769. The highest BCUT2D eigenvalue weighted by atomic mass is 16.5. The van der Waals surface area contributed by atoms with Crippen LogP contribution in [-0.2, 0) is 9.53 Å². The van der Waals surface area contributed by atoms with Crippen molar-refractivity contribution in [2.75, 3.05) is 19.7 Å². The van der Waals surface area contributed by atoms with Crippen LogP contribution in [0.15, 0.2) is 4.52 Å². The zero-order valence-electron chi connectivity index (χ0n) is 11.1. The Morgan fingerprint density at radius 1 is 1.45 bits per heavy atom. The van der Waals surface area contributed by atoms with Crippen LogP contribution in [0.3, 0.4) is 0 Å². The van der Waals surface area contributed by atoms with Crippen molar-refractivity contribution in [3.05, 3.63) is 11.7 Å². The van der Waals surface area contributed by atoms with Gasteiger partial charge in [0.15, 0.2) is 0 Å². The summed E-state index contributed by atoms with van der Waals surface area (Å²) in [5.41, 5.74) is 0. The lowest BCUT2D eigenvalue weighted by molar-refractivity contribution is -0.138. The van der Waals surface area contributed by atoms with E-state index in [1.807, 2.05) is 0 Å². The zero-order chi connectivity index (χ0) is 13.7. The lowest BCUT2D eigenvalue weighted by Crippen LogP contribution is -2.42. The molecule has 3 aliphatic rings. The quantitative estimate of drug-likeness (QED) is 0.875. The summed E-state index contributed by atoms with van der Waals surface area (Å²) in [6.45, 7) is 2.63. The SMILES string of the molecule is O=C(O)C1CC1c1nc(C2CN3CCCC3CO2)no1. The van der Waals surface area contributed by atoms with Crippen LogP contribution in [0.2, 0.25) is 0 Å². The van der Waals surface area contributed by atoms with Crippen LogP contribution in [0.5, 0.6) is 0 Å². The molecule has 4 rings (SSSR count). The summed E-state index contributed by atoms with van der Waals surface area (Å²) in [5.74, 6) is -0.264. The predicted octanol–water partition coefficient (Wildman–Crippen LogP) is 0.793. The highest BCUT2D eigenvalue weighted by Crippen LogP contribution is 2.47. The van der Waals surface area contributed by atoms with Gasteiger partial charge in [0.2, 0.25) is 11.7 Å². The van der Waals surface area contributed by atoms with Crippen molar-refractivity contribution in [3.63, 3.8) is 0 Å². The largest absolute Gasteiger partial charge is 0.481 e. The van der Waals surface area contributed by atoms with Crippen molar-refractivity contribution in [1.82, 2.24) is 15.0 Å². The smallest absolute Gasteiger partial charge is 0.307 e. The molecular formula is C13H17N3O4. The number of hydrogen-bond donors (Lipinski definition) is 1. The molecule has 20 heavy (non-hydrogen) atoms. The van der Waals surface area contributed by atoms with E-state index in [0.29, 0.717) is 24.2 Å². The molecule has 4 atom stereocenters. The second-order valence-electron chi connectivity index (χ2n) is 5.89. The van der Waals surface area contributed by atoms with E-state index in [1.54, 1.807) is 0 Å². The Hall–Kier alpha value is -1.47. The summed E-state index contributed by atoms with van der Waals surface area (Å²) in [6, 6.07) is 0.539. The van der Waals surface area contributed by atoms with E-state index >= 15 is 0 Å². The Bertz CT molecular complexity index is 531. The van der Waals surface area contributed by atoms with Crippen LogP contribution in [-0.4, -0.2) is 51.9 Å². The number of nitrogens with zero attached hydrogens (tertiary/aromatic N) is 3. The van der Waals surface area contributed by atoms with Crippen molar-refractivity contribution >= 4 is 5.97 Å². The van der Waals surface area contributed by atoms with Crippen LogP contribution in [0, 0.1) is 5.92 Å². The van der Waals surface area contributed by atoms with Gasteiger partial charge in [0.1, 0.15) is 6.10 Å². The average molecular weight is 279 g/mol. The number of carboxylic acid groups (broad SMARTS) is 1. The number of aliphatic carboxylic acids is 1. The van der Waals surface area contributed by atoms with Gasteiger partial charge in [-0.15, -0.1) is 0 Å². The van der Waals surface area contributed by atoms with Crippen LogP contribution >= 0.6 is 0 Å². The fourth-order valence-corrected chi connectivity index (χ4v) is 3.24. The molecule has 0 radical (unpaired) electrons. The van der Waals surface area contributed by atoms with E-state index in [4.69, 9.17) is 14.4 Å². The van der Waals surface area contributed by atoms with Crippen molar-refractivity contribution in [1.29, 1.82) is 0 Å². The third-order valence-electron chi connectivity index (χ3n) is 4.56. The molecule has 1 saturated carbocycles. The first-order valence-electron chi connectivity index (χ1n) is 7.14. The zero-order valence-corrected chi connectivity index (χ0v) is 11.1. The van der Waals surface area contributed by atoms with Gasteiger partial charge in [-0.2, -0.15) is 4.98 Å². The Morgan fingerprint density at radius 3 is 3.15 bits per heavy atom. The summed E-state index contributed by atoms with van der Waals surface area (Å²) >= 11 is 0. The second-order valence-corrected chi connectivity index (χ2v) is 5.89. The highest BCUT2D eigenvalue weighted by Gasteiger charge is 2.48. The maximum atomic E-state index is 10.9. The van der Waals surface area contributed by atoms with Gasteiger partial charge in [0.05, 0.1) is 18.4 Å². The summed E-state index contributed by atoms with van der Waals surface area (Å²) in [6.07, 6.45) is 2.87. The Morgan fingerprint density at radius 2 is 2.35 bits per heavy atom. The highest BCUT2D eigenvalue weighted by molar-refractivity contribution is 5.74. The Labute approximate surface area is 115 Å². The summed E-state index contributed by atoms with van der Waals surface area (Å²) in [5, 5.41) is 12.9. The van der Waals surface area contributed by atoms with Crippen LogP contribution in [0.25, 0.3) is 0 Å². The molecule has 2 aliphatic heterocycles. The number of rotatable bonds is 3. The number of ether oxygens (including phenoxy) is 1. The number of fused-ring (bicyclic) bond motifs is 1. The minimum Gasteiger partial charge on any atom is -0.481 e. The molecule has 1 N–H and O–H groups in total. The number of morpholine rings is 1. The normalized spacial score (nSPS) is 36.8. The molecular weight excluding hydrogens is 262 g/mol. The first-order chi connectivity index (χ1) is 9.72. The van der Waals surface area contributed by atoms with E-state index < -0.39 is 5.97 Å². The van der Waals surface area contributed by atoms with Crippen molar-refractivity contribution in [3.8, 4) is 0 Å². The predicted molar refractivity (Wildman–Crippen MR) is 66.1 cm³/mol. The van der Waals surface area contributed by atoms with E-state index in [9.17, 15) is 4.79 Å². The lowest BCUT2D eigenvalue weighted by atomic mass is 10.2. The molecule has 0 spiro atoms. The molecule has 0 amide bonds. The van der Waals surface area contributed by atoms with Gasteiger partial charge >= 0.3 is 5.97 Å². The van der Waals surface area contributed by atoms with Crippen LogP contribution in [0.4, 0.5) is 0 Å². The maximum Gasteiger partial charge on any atom is 0.307 e. The van der Waals surface area contributed by atoms with Gasteiger partial charge in [-0.3, -0.25) is 9.69 Å². The molecule has 108 valence electrons. The molecule has 3 fully saturated rings. The van der Waals surface area contributed by atoms with Gasteiger partial charge in [0, 0.05) is 12.6 Å². The first-order valence-corrected chi connectivity index (χ1v) is 7.14. The minimum absolute atomic E-state index is 0.114. The van der Waals surface area contributed by atoms with Gasteiger partial charge in [-0.1, -0.05) is 5.16 Å². The van der Waals surface area contributed by atoms with E-state index in [0.717, 1.165) is 19.7 Å². The third kappa shape index (κ3) is 2.01. The van der Waals surface area contributed by atoms with E-state index in [2.05, 4.69) is 15.0 Å². The molecule has 3 heterocycles. The van der Waals surface area contributed by atoms with Gasteiger partial charge in [0.25, 0.3) is 0 Å². The van der Waals surface area contributed by atoms with E-state index in [1.165, 1.54) is 12.8 Å². The number of hydrogen-bond acceptors (Lipinski definition) is 6. The van der Waals surface area contributed by atoms with Gasteiger partial charge < -0.3 is 14.4 Å². The third-order valence-corrected chi connectivity index (χ3v) is 4.56. The number of carbonyl (C=O) groups is 1. The summed E-state index contributed by atoms with van der Waals surface area (Å²) in [7, 11) is 0. The van der Waals surface area contributed by atoms with Gasteiger partial charge in [-0.25, -0.2) is 0 Å². The molecule has 1 aromatic heterocycles. The maximum absolute atomic E-state index is 10.9.